The summed E-state index contributed by atoms with van der Waals surface area (Å²) in [7, 11) is 3.17. The molecule has 0 aliphatic carbocycles. The molecule has 0 saturated heterocycles. The molecular formula is C16H27N3O4. The quantitative estimate of drug-likeness (QED) is 0.825. The van der Waals surface area contributed by atoms with Gasteiger partial charge in [-0.25, -0.2) is 9.59 Å². The van der Waals surface area contributed by atoms with Crippen molar-refractivity contribution < 1.29 is 19.1 Å². The number of alkyl carbamates (subject to hydrolysis) is 1. The summed E-state index contributed by atoms with van der Waals surface area (Å²) >= 11 is 0. The van der Waals surface area contributed by atoms with Gasteiger partial charge < -0.3 is 25.1 Å². The van der Waals surface area contributed by atoms with Crippen molar-refractivity contribution in [2.75, 3.05) is 13.7 Å². The third-order valence-electron chi connectivity index (χ3n) is 3.69. The first kappa shape index (κ1) is 19.0. The highest BCUT2D eigenvalue weighted by atomic mass is 16.6. The smallest absolute Gasteiger partial charge is 0.408 e. The Kier molecular flexibility index (Phi) is 5.82. The molecule has 7 nitrogen and oxygen atoms in total. The average molecular weight is 325 g/mol. The van der Waals surface area contributed by atoms with Gasteiger partial charge in [-0.05, 0) is 34.6 Å². The number of hydrogen-bond acceptors (Lipinski definition) is 5. The Labute approximate surface area is 137 Å². The summed E-state index contributed by atoms with van der Waals surface area (Å²) in [5.41, 5.74) is 7.90. The van der Waals surface area contributed by atoms with Gasteiger partial charge in [0.15, 0.2) is 0 Å². The number of hydrogen-bond donors (Lipinski definition) is 2. The van der Waals surface area contributed by atoms with E-state index in [1.807, 2.05) is 25.5 Å². The summed E-state index contributed by atoms with van der Waals surface area (Å²) in [4.78, 5) is 24.2. The molecule has 0 radical (unpaired) electrons. The van der Waals surface area contributed by atoms with Gasteiger partial charge >= 0.3 is 12.1 Å². The number of amides is 1. The second-order valence-corrected chi connectivity index (χ2v) is 6.44. The maximum Gasteiger partial charge on any atom is 0.408 e. The van der Waals surface area contributed by atoms with Gasteiger partial charge in [0.1, 0.15) is 5.60 Å². The lowest BCUT2D eigenvalue weighted by Gasteiger charge is -2.23. The lowest BCUT2D eigenvalue weighted by molar-refractivity contribution is 0.0499. The van der Waals surface area contributed by atoms with Crippen LogP contribution < -0.4 is 11.1 Å². The van der Waals surface area contributed by atoms with Crippen molar-refractivity contribution >= 4 is 12.1 Å². The van der Waals surface area contributed by atoms with Gasteiger partial charge in [0.25, 0.3) is 0 Å². The Morgan fingerprint density at radius 3 is 2.26 bits per heavy atom. The summed E-state index contributed by atoms with van der Waals surface area (Å²) in [6, 6.07) is -0.543. The minimum Gasteiger partial charge on any atom is -0.465 e. The van der Waals surface area contributed by atoms with E-state index in [-0.39, 0.29) is 6.54 Å². The van der Waals surface area contributed by atoms with Gasteiger partial charge in [-0.3, -0.25) is 0 Å². The molecule has 0 aliphatic rings. The SMILES string of the molecule is COC(=O)c1c(C(CN)NC(=O)OC(C)(C)C)c(C)n(C)c1C. The predicted molar refractivity (Wildman–Crippen MR) is 87.4 cm³/mol. The van der Waals surface area contributed by atoms with Gasteiger partial charge in [0.2, 0.25) is 0 Å². The third kappa shape index (κ3) is 4.25. The summed E-state index contributed by atoms with van der Waals surface area (Å²) in [6.45, 7) is 9.16. The number of esters is 1. The fourth-order valence-corrected chi connectivity index (χ4v) is 2.46. The molecule has 7 heteroatoms. The van der Waals surface area contributed by atoms with Gasteiger partial charge in [0.05, 0.1) is 18.7 Å². The van der Waals surface area contributed by atoms with Gasteiger partial charge in [-0.15, -0.1) is 0 Å². The molecule has 1 heterocycles. The van der Waals surface area contributed by atoms with Crippen molar-refractivity contribution in [1.82, 2.24) is 9.88 Å². The zero-order valence-corrected chi connectivity index (χ0v) is 14.9. The van der Waals surface area contributed by atoms with Gasteiger partial charge in [-0.1, -0.05) is 0 Å². The minimum absolute atomic E-state index is 0.132. The Morgan fingerprint density at radius 1 is 1.26 bits per heavy atom. The van der Waals surface area contributed by atoms with Crippen LogP contribution >= 0.6 is 0 Å². The van der Waals surface area contributed by atoms with Crippen LogP contribution in [0.4, 0.5) is 4.79 Å². The van der Waals surface area contributed by atoms with Crippen LogP contribution in [0.2, 0.25) is 0 Å². The van der Waals surface area contributed by atoms with E-state index >= 15 is 0 Å². The van der Waals surface area contributed by atoms with E-state index in [0.29, 0.717) is 11.1 Å². The van der Waals surface area contributed by atoms with Crippen molar-refractivity contribution in [1.29, 1.82) is 0 Å². The molecule has 0 saturated carbocycles. The topological polar surface area (TPSA) is 95.6 Å². The summed E-state index contributed by atoms with van der Waals surface area (Å²) in [6.07, 6.45) is -0.579. The first-order valence-electron chi connectivity index (χ1n) is 7.47. The minimum atomic E-state index is -0.615. The maximum absolute atomic E-state index is 12.1. The first-order chi connectivity index (χ1) is 10.5. The van der Waals surface area contributed by atoms with Crippen LogP contribution in [0.5, 0.6) is 0 Å². The molecule has 23 heavy (non-hydrogen) atoms. The van der Waals surface area contributed by atoms with Crippen LogP contribution in [-0.4, -0.2) is 35.9 Å². The summed E-state index contributed by atoms with van der Waals surface area (Å²) in [5.74, 6) is -0.453. The van der Waals surface area contributed by atoms with Crippen molar-refractivity contribution in [2.24, 2.45) is 12.8 Å². The second-order valence-electron chi connectivity index (χ2n) is 6.44. The molecule has 1 aromatic heterocycles. The lowest BCUT2D eigenvalue weighted by Crippen LogP contribution is -2.38. The number of rotatable bonds is 4. The van der Waals surface area contributed by atoms with E-state index < -0.39 is 23.7 Å². The summed E-state index contributed by atoms with van der Waals surface area (Å²) in [5, 5.41) is 2.73. The van der Waals surface area contributed by atoms with Crippen LogP contribution in [0.15, 0.2) is 0 Å². The zero-order valence-electron chi connectivity index (χ0n) is 14.9. The van der Waals surface area contributed by atoms with Crippen molar-refractivity contribution in [3.63, 3.8) is 0 Å². The fraction of sp³-hybridized carbons (Fsp3) is 0.625. The third-order valence-corrected chi connectivity index (χ3v) is 3.69. The largest absolute Gasteiger partial charge is 0.465 e. The number of nitrogens with two attached hydrogens (primary N) is 1. The standard InChI is InChI=1S/C16H27N3O4/c1-9-12(13(14(20)22-7)10(2)19(9)6)11(8-17)18-15(21)23-16(3,4)5/h11H,8,17H2,1-7H3,(H,18,21). The Morgan fingerprint density at radius 2 is 1.83 bits per heavy atom. The zero-order chi connectivity index (χ0) is 17.9. The molecule has 1 amide bonds. The summed E-state index contributed by atoms with van der Waals surface area (Å²) < 4.78 is 12.0. The fourth-order valence-electron chi connectivity index (χ4n) is 2.46. The number of ether oxygens (including phenoxy) is 2. The maximum atomic E-state index is 12.1. The predicted octanol–water partition coefficient (Wildman–Crippen LogP) is 1.95. The molecule has 0 bridgehead atoms. The molecule has 0 aromatic carbocycles. The molecule has 1 aromatic rings. The normalized spacial score (nSPS) is 12.7. The molecule has 1 atom stereocenters. The van der Waals surface area contributed by atoms with Crippen molar-refractivity contribution in [3.05, 3.63) is 22.5 Å². The van der Waals surface area contributed by atoms with Gasteiger partial charge in [0, 0.05) is 30.5 Å². The molecule has 0 aliphatic heterocycles. The highest BCUT2D eigenvalue weighted by Crippen LogP contribution is 2.28. The van der Waals surface area contributed by atoms with E-state index in [4.69, 9.17) is 15.2 Å². The molecule has 130 valence electrons. The second kappa shape index (κ2) is 7.04. The molecule has 3 N–H and O–H groups in total. The number of carbonyl (C=O) groups excluding carboxylic acids is 2. The molecule has 1 rings (SSSR count). The molecule has 1 unspecified atom stereocenters. The Bertz CT molecular complexity index is 599. The van der Waals surface area contributed by atoms with E-state index in [1.165, 1.54) is 7.11 Å². The van der Waals surface area contributed by atoms with E-state index in [9.17, 15) is 9.59 Å². The Balaban J connectivity index is 3.23. The van der Waals surface area contributed by atoms with Crippen LogP contribution in [-0.2, 0) is 16.5 Å². The van der Waals surface area contributed by atoms with Crippen LogP contribution in [0.1, 0.15) is 54.1 Å². The monoisotopic (exact) mass is 325 g/mol. The molecular weight excluding hydrogens is 298 g/mol. The van der Waals surface area contributed by atoms with Gasteiger partial charge in [-0.2, -0.15) is 0 Å². The lowest BCUT2D eigenvalue weighted by atomic mass is 10.0. The Hall–Kier alpha value is -2.02. The highest BCUT2D eigenvalue weighted by molar-refractivity contribution is 5.93. The van der Waals surface area contributed by atoms with Crippen molar-refractivity contribution in [3.8, 4) is 0 Å². The molecule has 0 fully saturated rings. The van der Waals surface area contributed by atoms with Crippen LogP contribution in [0.25, 0.3) is 0 Å². The number of nitrogens with zero attached hydrogens (tertiary/aromatic N) is 1. The first-order valence-corrected chi connectivity index (χ1v) is 7.47. The number of nitrogens with one attached hydrogen (secondary N) is 1. The van der Waals surface area contributed by atoms with E-state index in [1.54, 1.807) is 20.8 Å². The van der Waals surface area contributed by atoms with Crippen LogP contribution in [0, 0.1) is 13.8 Å². The van der Waals surface area contributed by atoms with E-state index in [0.717, 1.165) is 11.4 Å². The number of carbonyl (C=O) groups is 2. The number of aromatic nitrogens is 1. The number of methoxy groups -OCH3 is 1. The van der Waals surface area contributed by atoms with Crippen molar-refractivity contribution in [2.45, 2.75) is 46.3 Å². The highest BCUT2D eigenvalue weighted by Gasteiger charge is 2.29. The average Bonchev–Trinajstić information content (AvgIpc) is 2.66. The van der Waals surface area contributed by atoms with Crippen LogP contribution in [0.3, 0.4) is 0 Å². The molecule has 0 spiro atoms. The van der Waals surface area contributed by atoms with E-state index in [2.05, 4.69) is 5.32 Å².